The summed E-state index contributed by atoms with van der Waals surface area (Å²) >= 11 is 0. The van der Waals surface area contributed by atoms with Gasteiger partial charge >= 0.3 is 0 Å². The molecule has 2 aliphatic heterocycles. The Labute approximate surface area is 130 Å². The molecule has 0 aromatic carbocycles. The quantitative estimate of drug-likeness (QED) is 0.761. The van der Waals surface area contributed by atoms with E-state index in [1.807, 2.05) is 6.92 Å². The lowest BCUT2D eigenvalue weighted by Crippen LogP contribution is -2.52. The van der Waals surface area contributed by atoms with Crippen molar-refractivity contribution in [3.63, 3.8) is 0 Å². The van der Waals surface area contributed by atoms with Crippen molar-refractivity contribution in [1.82, 2.24) is 14.1 Å². The first-order valence-electron chi connectivity index (χ1n) is 8.32. The van der Waals surface area contributed by atoms with Gasteiger partial charge in [-0.3, -0.25) is 4.90 Å². The molecule has 0 N–H and O–H groups in total. The molecule has 0 amide bonds. The molecule has 0 aliphatic carbocycles. The van der Waals surface area contributed by atoms with Crippen molar-refractivity contribution in [2.45, 2.75) is 39.2 Å². The maximum absolute atomic E-state index is 12.1. The Morgan fingerprint density at radius 2 is 1.76 bits per heavy atom. The molecule has 0 saturated carbocycles. The Hall–Kier alpha value is -0.170. The van der Waals surface area contributed by atoms with E-state index in [1.165, 1.54) is 0 Å². The average molecular weight is 317 g/mol. The van der Waals surface area contributed by atoms with Crippen molar-refractivity contribution in [3.05, 3.63) is 0 Å². The van der Waals surface area contributed by atoms with Crippen LogP contribution in [0.3, 0.4) is 0 Å². The summed E-state index contributed by atoms with van der Waals surface area (Å²) < 4.78 is 25.9. The summed E-state index contributed by atoms with van der Waals surface area (Å²) in [5.41, 5.74) is 0. The molecule has 0 aromatic rings. The molecule has 2 rings (SSSR count). The molecule has 0 aromatic heterocycles. The third-order valence-electron chi connectivity index (χ3n) is 4.89. The fourth-order valence-corrected chi connectivity index (χ4v) is 5.08. The Bertz CT molecular complexity index is 419. The highest BCUT2D eigenvalue weighted by molar-refractivity contribution is 7.89. The lowest BCUT2D eigenvalue weighted by atomic mass is 9.96. The molecule has 2 aliphatic rings. The standard InChI is InChI=1S/C15H31N3O2S/c1-4-11-21(19,20)18-7-5-15(6-8-18)13-17-10-9-16(3)12-14(17)2/h14-15H,4-13H2,1-3H3. The predicted molar refractivity (Wildman–Crippen MR) is 86.9 cm³/mol. The molecule has 0 spiro atoms. The maximum Gasteiger partial charge on any atom is 0.214 e. The van der Waals surface area contributed by atoms with E-state index in [4.69, 9.17) is 0 Å². The topological polar surface area (TPSA) is 43.9 Å². The summed E-state index contributed by atoms with van der Waals surface area (Å²) in [6, 6.07) is 0.616. The molecule has 0 bridgehead atoms. The van der Waals surface area contributed by atoms with Crippen molar-refractivity contribution in [3.8, 4) is 0 Å². The summed E-state index contributed by atoms with van der Waals surface area (Å²) in [5.74, 6) is 0.955. The second-order valence-corrected chi connectivity index (χ2v) is 8.85. The van der Waals surface area contributed by atoms with Gasteiger partial charge < -0.3 is 4.90 Å². The van der Waals surface area contributed by atoms with Gasteiger partial charge in [0.25, 0.3) is 0 Å². The van der Waals surface area contributed by atoms with Crippen LogP contribution in [0, 0.1) is 5.92 Å². The van der Waals surface area contributed by atoms with Crippen LogP contribution >= 0.6 is 0 Å². The Morgan fingerprint density at radius 3 is 2.33 bits per heavy atom. The summed E-state index contributed by atoms with van der Waals surface area (Å²) in [4.78, 5) is 4.97. The first-order valence-corrected chi connectivity index (χ1v) is 9.93. The van der Waals surface area contributed by atoms with Gasteiger partial charge in [-0.2, -0.15) is 0 Å². The molecule has 2 saturated heterocycles. The van der Waals surface area contributed by atoms with E-state index in [9.17, 15) is 8.42 Å². The molecule has 124 valence electrons. The van der Waals surface area contributed by atoms with Crippen molar-refractivity contribution < 1.29 is 8.42 Å². The smallest absolute Gasteiger partial charge is 0.214 e. The van der Waals surface area contributed by atoms with E-state index < -0.39 is 10.0 Å². The third kappa shape index (κ3) is 4.65. The molecule has 5 nitrogen and oxygen atoms in total. The van der Waals surface area contributed by atoms with Gasteiger partial charge in [0, 0.05) is 45.3 Å². The summed E-state index contributed by atoms with van der Waals surface area (Å²) in [5, 5.41) is 0. The van der Waals surface area contributed by atoms with Crippen LogP contribution in [0.4, 0.5) is 0 Å². The van der Waals surface area contributed by atoms with E-state index in [1.54, 1.807) is 4.31 Å². The van der Waals surface area contributed by atoms with Gasteiger partial charge in [-0.1, -0.05) is 6.92 Å². The number of nitrogens with zero attached hydrogens (tertiary/aromatic N) is 3. The lowest BCUT2D eigenvalue weighted by molar-refractivity contribution is 0.0750. The third-order valence-corrected chi connectivity index (χ3v) is 6.97. The van der Waals surface area contributed by atoms with Gasteiger partial charge in [-0.15, -0.1) is 0 Å². The molecule has 6 heteroatoms. The fraction of sp³-hybridized carbons (Fsp3) is 1.00. The molecular formula is C15H31N3O2S. The number of piperidine rings is 1. The van der Waals surface area contributed by atoms with Crippen LogP contribution in [-0.2, 0) is 10.0 Å². The van der Waals surface area contributed by atoms with Crippen LogP contribution in [-0.4, -0.2) is 80.6 Å². The Morgan fingerprint density at radius 1 is 1.10 bits per heavy atom. The largest absolute Gasteiger partial charge is 0.304 e. The Balaban J connectivity index is 1.79. The zero-order valence-electron chi connectivity index (χ0n) is 13.8. The fourth-order valence-electron chi connectivity index (χ4n) is 3.54. The van der Waals surface area contributed by atoms with E-state index in [0.29, 0.717) is 24.1 Å². The molecule has 1 unspecified atom stereocenters. The molecule has 1 atom stereocenters. The van der Waals surface area contributed by atoms with Gasteiger partial charge in [0.05, 0.1) is 5.75 Å². The number of sulfonamides is 1. The van der Waals surface area contributed by atoms with Gasteiger partial charge in [0.15, 0.2) is 0 Å². The zero-order valence-corrected chi connectivity index (χ0v) is 14.6. The van der Waals surface area contributed by atoms with E-state index in [0.717, 1.165) is 52.1 Å². The highest BCUT2D eigenvalue weighted by Gasteiger charge is 2.30. The minimum Gasteiger partial charge on any atom is -0.304 e. The number of hydrogen-bond acceptors (Lipinski definition) is 4. The van der Waals surface area contributed by atoms with Gasteiger partial charge in [-0.05, 0) is 39.2 Å². The Kier molecular flexibility index (Phi) is 6.05. The highest BCUT2D eigenvalue weighted by atomic mass is 32.2. The minimum absolute atomic E-state index is 0.299. The number of hydrogen-bond donors (Lipinski definition) is 0. The molecule has 2 heterocycles. The van der Waals surface area contributed by atoms with Crippen molar-refractivity contribution in [1.29, 1.82) is 0 Å². The van der Waals surface area contributed by atoms with Crippen LogP contribution in [0.1, 0.15) is 33.1 Å². The van der Waals surface area contributed by atoms with Crippen LogP contribution in [0.5, 0.6) is 0 Å². The van der Waals surface area contributed by atoms with E-state index >= 15 is 0 Å². The van der Waals surface area contributed by atoms with Gasteiger partial charge in [-0.25, -0.2) is 12.7 Å². The van der Waals surface area contributed by atoms with Crippen molar-refractivity contribution in [2.24, 2.45) is 5.92 Å². The molecule has 21 heavy (non-hydrogen) atoms. The first kappa shape index (κ1) is 17.2. The normalized spacial score (nSPS) is 28.0. The summed E-state index contributed by atoms with van der Waals surface area (Å²) in [6.07, 6.45) is 2.74. The van der Waals surface area contributed by atoms with Gasteiger partial charge in [0.2, 0.25) is 10.0 Å². The van der Waals surface area contributed by atoms with E-state index in [2.05, 4.69) is 23.8 Å². The lowest BCUT2D eigenvalue weighted by Gasteiger charge is -2.41. The SMILES string of the molecule is CCCS(=O)(=O)N1CCC(CN2CCN(C)CC2C)CC1. The zero-order chi connectivity index (χ0) is 15.5. The second kappa shape index (κ2) is 7.40. The van der Waals surface area contributed by atoms with Crippen molar-refractivity contribution in [2.75, 3.05) is 52.1 Å². The van der Waals surface area contributed by atoms with Crippen LogP contribution in [0.2, 0.25) is 0 Å². The molecule has 0 radical (unpaired) electrons. The summed E-state index contributed by atoms with van der Waals surface area (Å²) in [7, 11) is -0.809. The van der Waals surface area contributed by atoms with Crippen LogP contribution in [0.25, 0.3) is 0 Å². The first-order chi connectivity index (χ1) is 9.92. The minimum atomic E-state index is -2.99. The van der Waals surface area contributed by atoms with E-state index in [-0.39, 0.29) is 0 Å². The van der Waals surface area contributed by atoms with Crippen LogP contribution in [0.15, 0.2) is 0 Å². The second-order valence-electron chi connectivity index (χ2n) is 6.76. The maximum atomic E-state index is 12.1. The van der Waals surface area contributed by atoms with Crippen LogP contribution < -0.4 is 0 Å². The number of likely N-dealkylation sites (N-methyl/N-ethyl adjacent to an activating group) is 1. The average Bonchev–Trinajstić information content (AvgIpc) is 2.42. The predicted octanol–water partition coefficient (Wildman–Crippen LogP) is 1.07. The molecular weight excluding hydrogens is 286 g/mol. The summed E-state index contributed by atoms with van der Waals surface area (Å²) in [6.45, 7) is 10.2. The number of piperazine rings is 1. The molecule has 2 fully saturated rings. The van der Waals surface area contributed by atoms with Gasteiger partial charge in [0.1, 0.15) is 0 Å². The van der Waals surface area contributed by atoms with Crippen molar-refractivity contribution >= 4 is 10.0 Å². The number of rotatable bonds is 5. The monoisotopic (exact) mass is 317 g/mol. The highest BCUT2D eigenvalue weighted by Crippen LogP contribution is 2.22.